The van der Waals surface area contributed by atoms with E-state index in [1.165, 1.54) is 31.6 Å². The van der Waals surface area contributed by atoms with Crippen LogP contribution in [-0.4, -0.2) is 32.5 Å². The Morgan fingerprint density at radius 3 is 2.82 bits per heavy atom. The first-order valence-electron chi connectivity index (χ1n) is 8.55. The van der Waals surface area contributed by atoms with Crippen LogP contribution in [0.25, 0.3) is 11.2 Å². The number of piperidine rings is 1. The SMILES string of the molecule is CCN1CCCCC1n1c(CC(C)(C)C)nc2cccnc21. The molecule has 0 spiro atoms. The number of imidazole rings is 1. The minimum atomic E-state index is 0.227. The Balaban J connectivity index is 2.10. The van der Waals surface area contributed by atoms with E-state index < -0.39 is 0 Å². The van der Waals surface area contributed by atoms with Gasteiger partial charge in [0.15, 0.2) is 5.65 Å². The second kappa shape index (κ2) is 5.99. The van der Waals surface area contributed by atoms with Crippen LogP contribution in [0.1, 0.15) is 58.9 Å². The lowest BCUT2D eigenvalue weighted by Gasteiger charge is -2.37. The predicted octanol–water partition coefficient (Wildman–Crippen LogP) is 4.02. The van der Waals surface area contributed by atoms with Crippen molar-refractivity contribution in [1.82, 2.24) is 19.4 Å². The molecule has 1 saturated heterocycles. The summed E-state index contributed by atoms with van der Waals surface area (Å²) in [5.41, 5.74) is 2.31. The van der Waals surface area contributed by atoms with E-state index in [0.717, 1.165) is 24.1 Å². The van der Waals surface area contributed by atoms with Gasteiger partial charge in [0.05, 0.1) is 6.17 Å². The van der Waals surface area contributed by atoms with Gasteiger partial charge in [0.25, 0.3) is 0 Å². The van der Waals surface area contributed by atoms with Crippen LogP contribution in [0.3, 0.4) is 0 Å². The molecule has 1 aliphatic heterocycles. The molecule has 0 aliphatic carbocycles. The highest BCUT2D eigenvalue weighted by Gasteiger charge is 2.28. The highest BCUT2D eigenvalue weighted by molar-refractivity contribution is 5.71. The Bertz CT molecular complexity index is 638. The Labute approximate surface area is 133 Å². The van der Waals surface area contributed by atoms with Crippen molar-refractivity contribution in [2.75, 3.05) is 13.1 Å². The van der Waals surface area contributed by atoms with Crippen molar-refractivity contribution < 1.29 is 0 Å². The number of hydrogen-bond acceptors (Lipinski definition) is 3. The number of hydrogen-bond donors (Lipinski definition) is 0. The van der Waals surface area contributed by atoms with Crippen LogP contribution in [0.15, 0.2) is 18.3 Å². The van der Waals surface area contributed by atoms with Crippen molar-refractivity contribution in [3.63, 3.8) is 0 Å². The van der Waals surface area contributed by atoms with Crippen molar-refractivity contribution in [3.8, 4) is 0 Å². The third-order valence-corrected chi connectivity index (χ3v) is 4.49. The smallest absolute Gasteiger partial charge is 0.161 e. The Hall–Kier alpha value is -1.42. The molecule has 22 heavy (non-hydrogen) atoms. The van der Waals surface area contributed by atoms with E-state index in [1.54, 1.807) is 0 Å². The maximum atomic E-state index is 4.92. The summed E-state index contributed by atoms with van der Waals surface area (Å²) in [6.45, 7) is 11.4. The maximum absolute atomic E-state index is 4.92. The average Bonchev–Trinajstić information content (AvgIpc) is 2.82. The lowest BCUT2D eigenvalue weighted by Crippen LogP contribution is -2.37. The molecule has 2 aromatic rings. The van der Waals surface area contributed by atoms with E-state index in [4.69, 9.17) is 4.98 Å². The Morgan fingerprint density at radius 2 is 2.09 bits per heavy atom. The van der Waals surface area contributed by atoms with E-state index >= 15 is 0 Å². The van der Waals surface area contributed by atoms with Gasteiger partial charge in [-0.15, -0.1) is 0 Å². The van der Waals surface area contributed by atoms with Crippen molar-refractivity contribution in [1.29, 1.82) is 0 Å². The van der Waals surface area contributed by atoms with Gasteiger partial charge >= 0.3 is 0 Å². The topological polar surface area (TPSA) is 34.0 Å². The quantitative estimate of drug-likeness (QED) is 0.858. The van der Waals surface area contributed by atoms with Crippen molar-refractivity contribution in [3.05, 3.63) is 24.2 Å². The zero-order valence-corrected chi connectivity index (χ0v) is 14.3. The molecule has 0 saturated carbocycles. The zero-order chi connectivity index (χ0) is 15.7. The van der Waals surface area contributed by atoms with E-state index in [0.29, 0.717) is 6.17 Å². The van der Waals surface area contributed by atoms with Crippen LogP contribution in [-0.2, 0) is 6.42 Å². The van der Waals surface area contributed by atoms with Gasteiger partial charge in [-0.05, 0) is 43.4 Å². The molecular formula is C18H28N4. The van der Waals surface area contributed by atoms with Crippen molar-refractivity contribution in [2.24, 2.45) is 5.41 Å². The monoisotopic (exact) mass is 300 g/mol. The van der Waals surface area contributed by atoms with Crippen LogP contribution in [0.2, 0.25) is 0 Å². The van der Waals surface area contributed by atoms with Gasteiger partial charge in [0.1, 0.15) is 11.3 Å². The molecule has 2 aromatic heterocycles. The molecular weight excluding hydrogens is 272 g/mol. The molecule has 1 aliphatic rings. The Kier molecular flexibility index (Phi) is 4.22. The van der Waals surface area contributed by atoms with Gasteiger partial charge < -0.3 is 0 Å². The molecule has 0 N–H and O–H groups in total. The minimum absolute atomic E-state index is 0.227. The summed E-state index contributed by atoms with van der Waals surface area (Å²) in [5, 5.41) is 0. The highest BCUT2D eigenvalue weighted by atomic mass is 15.3. The van der Waals surface area contributed by atoms with Crippen LogP contribution in [0, 0.1) is 5.41 Å². The first kappa shape index (κ1) is 15.5. The maximum Gasteiger partial charge on any atom is 0.161 e. The van der Waals surface area contributed by atoms with Crippen LogP contribution in [0.5, 0.6) is 0 Å². The standard InChI is InChI=1S/C18H28N4/c1-5-21-12-7-6-10-16(21)22-15(13-18(2,3)4)20-14-9-8-11-19-17(14)22/h8-9,11,16H,5-7,10,12-13H2,1-4H3. The largest absolute Gasteiger partial charge is 0.296 e. The second-order valence-electron chi connectivity index (χ2n) is 7.59. The fourth-order valence-electron chi connectivity index (χ4n) is 3.52. The summed E-state index contributed by atoms with van der Waals surface area (Å²) < 4.78 is 2.42. The van der Waals surface area contributed by atoms with Crippen LogP contribution in [0.4, 0.5) is 0 Å². The number of pyridine rings is 1. The van der Waals surface area contributed by atoms with Gasteiger partial charge in [-0.3, -0.25) is 9.47 Å². The van der Waals surface area contributed by atoms with E-state index in [-0.39, 0.29) is 5.41 Å². The molecule has 3 heterocycles. The lowest BCUT2D eigenvalue weighted by molar-refractivity contribution is 0.101. The summed E-state index contributed by atoms with van der Waals surface area (Å²) in [7, 11) is 0. The summed E-state index contributed by atoms with van der Waals surface area (Å²) >= 11 is 0. The average molecular weight is 300 g/mol. The molecule has 0 amide bonds. The van der Waals surface area contributed by atoms with E-state index in [2.05, 4.69) is 48.2 Å². The number of nitrogens with zero attached hydrogens (tertiary/aromatic N) is 4. The normalized spacial score (nSPS) is 20.6. The second-order valence-corrected chi connectivity index (χ2v) is 7.59. The van der Waals surface area contributed by atoms with Crippen molar-refractivity contribution >= 4 is 11.2 Å². The van der Waals surface area contributed by atoms with Gasteiger partial charge in [-0.1, -0.05) is 27.7 Å². The first-order valence-corrected chi connectivity index (χ1v) is 8.55. The fraction of sp³-hybridized carbons (Fsp3) is 0.667. The van der Waals surface area contributed by atoms with Crippen molar-refractivity contribution in [2.45, 2.75) is 59.5 Å². The summed E-state index contributed by atoms with van der Waals surface area (Å²) in [5.74, 6) is 1.19. The third-order valence-electron chi connectivity index (χ3n) is 4.49. The fourth-order valence-corrected chi connectivity index (χ4v) is 3.52. The zero-order valence-electron chi connectivity index (χ0n) is 14.3. The Morgan fingerprint density at radius 1 is 1.27 bits per heavy atom. The third kappa shape index (κ3) is 3.02. The van der Waals surface area contributed by atoms with Crippen LogP contribution >= 0.6 is 0 Å². The molecule has 0 aromatic carbocycles. The number of fused-ring (bicyclic) bond motifs is 1. The van der Waals surface area contributed by atoms with Crippen LogP contribution < -0.4 is 0 Å². The molecule has 3 rings (SSSR count). The van der Waals surface area contributed by atoms with Gasteiger partial charge in [0, 0.05) is 19.2 Å². The van der Waals surface area contributed by atoms with E-state index in [1.807, 2.05) is 12.3 Å². The van der Waals surface area contributed by atoms with E-state index in [9.17, 15) is 0 Å². The first-order chi connectivity index (χ1) is 10.5. The summed E-state index contributed by atoms with van der Waals surface area (Å²) in [6.07, 6.45) is 7.09. The van der Waals surface area contributed by atoms with Gasteiger partial charge in [-0.25, -0.2) is 9.97 Å². The molecule has 0 bridgehead atoms. The summed E-state index contributed by atoms with van der Waals surface area (Å²) in [4.78, 5) is 12.1. The molecule has 4 heteroatoms. The minimum Gasteiger partial charge on any atom is -0.296 e. The molecule has 0 radical (unpaired) electrons. The molecule has 120 valence electrons. The number of rotatable bonds is 3. The highest BCUT2D eigenvalue weighted by Crippen LogP contribution is 2.32. The molecule has 1 fully saturated rings. The molecule has 4 nitrogen and oxygen atoms in total. The number of aromatic nitrogens is 3. The predicted molar refractivity (Wildman–Crippen MR) is 90.8 cm³/mol. The number of likely N-dealkylation sites (tertiary alicyclic amines) is 1. The molecule has 1 atom stereocenters. The van der Waals surface area contributed by atoms with Gasteiger partial charge in [-0.2, -0.15) is 0 Å². The lowest BCUT2D eigenvalue weighted by atomic mass is 9.92. The summed E-state index contributed by atoms with van der Waals surface area (Å²) in [6, 6.07) is 4.07. The van der Waals surface area contributed by atoms with Gasteiger partial charge in [0.2, 0.25) is 0 Å². The molecule has 1 unspecified atom stereocenters.